The largest absolute Gasteiger partial charge is 0.462 e. The monoisotopic (exact) mass is 267 g/mol. The number of rotatable bonds is 2. The van der Waals surface area contributed by atoms with E-state index in [9.17, 15) is 0 Å². The molecule has 0 unspecified atom stereocenters. The Morgan fingerprint density at radius 3 is 2.68 bits per heavy atom. The maximum atomic E-state index is 5.34. The Labute approximate surface area is 113 Å². The van der Waals surface area contributed by atoms with Gasteiger partial charge in [0.05, 0.1) is 18.2 Å². The average molecular weight is 267 g/mol. The number of furan rings is 1. The first kappa shape index (κ1) is 10.5. The number of nitrogens with zero attached hydrogens (tertiary/aromatic N) is 3. The molecule has 0 aliphatic heterocycles. The van der Waals surface area contributed by atoms with E-state index in [1.54, 1.807) is 10.8 Å². The van der Waals surface area contributed by atoms with Gasteiger partial charge in [0.1, 0.15) is 0 Å². The van der Waals surface area contributed by atoms with E-state index in [1.165, 1.54) is 11.3 Å². The summed E-state index contributed by atoms with van der Waals surface area (Å²) in [7, 11) is 0. The van der Waals surface area contributed by atoms with E-state index < -0.39 is 0 Å². The highest BCUT2D eigenvalue weighted by Crippen LogP contribution is 2.28. The molecular formula is C14H9N3OS. The second-order valence-corrected chi connectivity index (χ2v) is 5.06. The summed E-state index contributed by atoms with van der Waals surface area (Å²) in [6, 6.07) is 13.8. The molecule has 0 aliphatic carbocycles. The molecule has 0 spiro atoms. The third-order valence-electron chi connectivity index (χ3n) is 2.84. The molecule has 0 saturated carbocycles. The van der Waals surface area contributed by atoms with Gasteiger partial charge >= 0.3 is 0 Å². The Balaban J connectivity index is 1.80. The lowest BCUT2D eigenvalue weighted by Crippen LogP contribution is -1.81. The second-order valence-electron chi connectivity index (χ2n) is 4.10. The van der Waals surface area contributed by atoms with Gasteiger partial charge in [-0.1, -0.05) is 41.7 Å². The van der Waals surface area contributed by atoms with E-state index in [0.717, 1.165) is 27.0 Å². The van der Waals surface area contributed by atoms with Crippen molar-refractivity contribution in [1.82, 2.24) is 14.6 Å². The Kier molecular flexibility index (Phi) is 2.25. The molecule has 19 heavy (non-hydrogen) atoms. The van der Waals surface area contributed by atoms with Crippen LogP contribution in [0.4, 0.5) is 0 Å². The zero-order valence-electron chi connectivity index (χ0n) is 9.85. The lowest BCUT2D eigenvalue weighted by molar-refractivity contribution is 0.580. The highest BCUT2D eigenvalue weighted by atomic mass is 32.1. The molecule has 3 aromatic heterocycles. The fourth-order valence-electron chi connectivity index (χ4n) is 1.95. The molecule has 0 atom stereocenters. The summed E-state index contributed by atoms with van der Waals surface area (Å²) in [4.78, 5) is 5.46. The van der Waals surface area contributed by atoms with Crippen molar-refractivity contribution in [2.45, 2.75) is 0 Å². The van der Waals surface area contributed by atoms with Crippen LogP contribution in [0.1, 0.15) is 0 Å². The third-order valence-corrected chi connectivity index (χ3v) is 3.78. The molecule has 0 saturated heterocycles. The first-order valence-electron chi connectivity index (χ1n) is 5.86. The normalized spacial score (nSPS) is 11.2. The van der Waals surface area contributed by atoms with Gasteiger partial charge in [-0.2, -0.15) is 5.10 Å². The van der Waals surface area contributed by atoms with E-state index in [-0.39, 0.29) is 0 Å². The summed E-state index contributed by atoms with van der Waals surface area (Å²) >= 11 is 1.52. The highest BCUT2D eigenvalue weighted by Gasteiger charge is 2.12. The summed E-state index contributed by atoms with van der Waals surface area (Å²) in [5.74, 6) is 0.775. The van der Waals surface area contributed by atoms with Crippen molar-refractivity contribution in [3.05, 3.63) is 54.9 Å². The van der Waals surface area contributed by atoms with Crippen LogP contribution >= 0.6 is 11.3 Å². The zero-order valence-corrected chi connectivity index (χ0v) is 10.7. The van der Waals surface area contributed by atoms with Gasteiger partial charge in [0.15, 0.2) is 10.8 Å². The van der Waals surface area contributed by atoms with Crippen molar-refractivity contribution < 1.29 is 4.42 Å². The zero-order chi connectivity index (χ0) is 12.7. The number of fused-ring (bicyclic) bond motifs is 1. The van der Waals surface area contributed by atoms with Crippen LogP contribution in [0.15, 0.2) is 59.3 Å². The van der Waals surface area contributed by atoms with Crippen LogP contribution in [0.25, 0.3) is 27.0 Å². The number of benzene rings is 1. The first-order chi connectivity index (χ1) is 9.40. The van der Waals surface area contributed by atoms with Crippen molar-refractivity contribution in [1.29, 1.82) is 0 Å². The van der Waals surface area contributed by atoms with Gasteiger partial charge in [0.2, 0.25) is 4.96 Å². The molecule has 0 fully saturated rings. The average Bonchev–Trinajstić information content (AvgIpc) is 3.14. The van der Waals surface area contributed by atoms with Crippen molar-refractivity contribution in [3.8, 4) is 22.0 Å². The number of aromatic nitrogens is 3. The molecule has 1 aromatic carbocycles. The standard InChI is InChI=1S/C14H9N3OS/c1-2-5-10(6-3-1)11-9-17-14(15-11)19-13(16-17)12-7-4-8-18-12/h1-9H. The fraction of sp³-hybridized carbons (Fsp3) is 0. The Hall–Kier alpha value is -2.40. The topological polar surface area (TPSA) is 43.3 Å². The Bertz CT molecular complexity index is 784. The maximum absolute atomic E-state index is 5.34. The van der Waals surface area contributed by atoms with Crippen LogP contribution < -0.4 is 0 Å². The minimum atomic E-state index is 0.775. The van der Waals surface area contributed by atoms with E-state index in [0.29, 0.717) is 0 Å². The SMILES string of the molecule is c1ccc(-c2cn3nc(-c4ccco4)sc3n2)cc1. The molecule has 4 aromatic rings. The van der Waals surface area contributed by atoms with Gasteiger partial charge in [-0.25, -0.2) is 9.50 Å². The molecule has 3 heterocycles. The van der Waals surface area contributed by atoms with Gasteiger partial charge in [-0.05, 0) is 12.1 Å². The third kappa shape index (κ3) is 1.75. The summed E-state index contributed by atoms with van der Waals surface area (Å²) in [6.07, 6.45) is 3.59. The summed E-state index contributed by atoms with van der Waals surface area (Å²) in [6.45, 7) is 0. The molecule has 5 heteroatoms. The number of hydrogen-bond acceptors (Lipinski definition) is 4. The van der Waals surface area contributed by atoms with Crippen LogP contribution in [0, 0.1) is 0 Å². The molecule has 0 amide bonds. The number of imidazole rings is 1. The lowest BCUT2D eigenvalue weighted by Gasteiger charge is -1.93. The van der Waals surface area contributed by atoms with Gasteiger partial charge in [-0.3, -0.25) is 0 Å². The lowest BCUT2D eigenvalue weighted by atomic mass is 10.2. The van der Waals surface area contributed by atoms with E-state index >= 15 is 0 Å². The van der Waals surface area contributed by atoms with Gasteiger partial charge < -0.3 is 4.42 Å². The molecular weight excluding hydrogens is 258 g/mol. The van der Waals surface area contributed by atoms with Gasteiger partial charge in [0, 0.05) is 5.56 Å². The first-order valence-corrected chi connectivity index (χ1v) is 6.67. The van der Waals surface area contributed by atoms with E-state index in [4.69, 9.17) is 4.42 Å². The minimum Gasteiger partial charge on any atom is -0.462 e. The smallest absolute Gasteiger partial charge is 0.213 e. The predicted molar refractivity (Wildman–Crippen MR) is 74.0 cm³/mol. The number of hydrogen-bond donors (Lipinski definition) is 0. The highest BCUT2D eigenvalue weighted by molar-refractivity contribution is 7.19. The molecule has 0 radical (unpaired) electrons. The van der Waals surface area contributed by atoms with Crippen LogP contribution in [0.3, 0.4) is 0 Å². The Morgan fingerprint density at radius 2 is 1.95 bits per heavy atom. The maximum Gasteiger partial charge on any atom is 0.213 e. The van der Waals surface area contributed by atoms with Crippen LogP contribution in [-0.4, -0.2) is 14.6 Å². The molecule has 4 nitrogen and oxygen atoms in total. The van der Waals surface area contributed by atoms with Crippen LogP contribution in [0.5, 0.6) is 0 Å². The van der Waals surface area contributed by atoms with Crippen molar-refractivity contribution in [3.63, 3.8) is 0 Å². The van der Waals surface area contributed by atoms with Gasteiger partial charge in [-0.15, -0.1) is 0 Å². The van der Waals surface area contributed by atoms with E-state index in [2.05, 4.69) is 10.1 Å². The van der Waals surface area contributed by atoms with Gasteiger partial charge in [0.25, 0.3) is 0 Å². The second kappa shape index (κ2) is 4.07. The predicted octanol–water partition coefficient (Wildman–Crippen LogP) is 3.72. The van der Waals surface area contributed by atoms with Crippen molar-refractivity contribution >= 4 is 16.3 Å². The van der Waals surface area contributed by atoms with Crippen LogP contribution in [0.2, 0.25) is 0 Å². The molecule has 4 rings (SSSR count). The van der Waals surface area contributed by atoms with Crippen LogP contribution in [-0.2, 0) is 0 Å². The molecule has 0 N–H and O–H groups in total. The van der Waals surface area contributed by atoms with Crippen molar-refractivity contribution in [2.75, 3.05) is 0 Å². The minimum absolute atomic E-state index is 0.775. The van der Waals surface area contributed by atoms with E-state index in [1.807, 2.05) is 48.7 Å². The quantitative estimate of drug-likeness (QED) is 0.556. The molecule has 0 bridgehead atoms. The summed E-state index contributed by atoms with van der Waals surface area (Å²) in [5, 5.41) is 5.32. The van der Waals surface area contributed by atoms with Crippen molar-refractivity contribution in [2.24, 2.45) is 0 Å². The molecule has 92 valence electrons. The Morgan fingerprint density at radius 1 is 1.05 bits per heavy atom. The molecule has 0 aliphatic rings. The summed E-state index contributed by atoms with van der Waals surface area (Å²) in [5.41, 5.74) is 2.03. The fourth-order valence-corrected chi connectivity index (χ4v) is 2.80. The summed E-state index contributed by atoms with van der Waals surface area (Å²) < 4.78 is 7.14.